The molecule has 0 spiro atoms. The zero-order valence-corrected chi connectivity index (χ0v) is 22.5. The fourth-order valence-corrected chi connectivity index (χ4v) is 4.19. The second-order valence-electron chi connectivity index (χ2n) is 8.55. The van der Waals surface area contributed by atoms with Crippen LogP contribution in [0.25, 0.3) is 16.8 Å². The highest BCUT2D eigenvalue weighted by Crippen LogP contribution is 2.37. The first kappa shape index (κ1) is 30.4. The maximum absolute atomic E-state index is 13.1. The van der Waals surface area contributed by atoms with Crippen molar-refractivity contribution in [2.45, 2.75) is 19.0 Å². The summed E-state index contributed by atoms with van der Waals surface area (Å²) in [6.07, 6.45) is -8.30. The number of rotatable bonds is 9. The zero-order chi connectivity index (χ0) is 30.7. The Kier molecular flexibility index (Phi) is 8.80. The lowest BCUT2D eigenvalue weighted by Gasteiger charge is -2.10. The average Bonchev–Trinajstić information content (AvgIpc) is 3.31. The largest absolute Gasteiger partial charge is 0.573 e. The highest BCUT2D eigenvalue weighted by Gasteiger charge is 2.32. The van der Waals surface area contributed by atoms with Gasteiger partial charge in [0.2, 0.25) is 5.88 Å². The van der Waals surface area contributed by atoms with Crippen molar-refractivity contribution < 1.29 is 50.5 Å². The summed E-state index contributed by atoms with van der Waals surface area (Å²) in [7, 11) is 0. The van der Waals surface area contributed by atoms with E-state index in [0.717, 1.165) is 24.3 Å². The van der Waals surface area contributed by atoms with Gasteiger partial charge in [0.15, 0.2) is 0 Å². The topological polar surface area (TPSA) is 103 Å². The van der Waals surface area contributed by atoms with Gasteiger partial charge in [0.1, 0.15) is 11.5 Å². The number of carboxylic acids is 1. The van der Waals surface area contributed by atoms with E-state index in [-0.39, 0.29) is 45.9 Å². The maximum atomic E-state index is 13.1. The summed E-state index contributed by atoms with van der Waals surface area (Å²) in [5, 5.41) is 15.5. The second kappa shape index (κ2) is 12.1. The molecule has 3 aromatic carbocycles. The van der Waals surface area contributed by atoms with Gasteiger partial charge in [0.25, 0.3) is 5.91 Å². The molecule has 0 bridgehead atoms. The summed E-state index contributed by atoms with van der Waals surface area (Å²) >= 11 is 3.12. The van der Waals surface area contributed by atoms with Crippen LogP contribution in [0, 0.1) is 0 Å². The molecule has 0 aliphatic rings. The molecule has 15 heteroatoms. The van der Waals surface area contributed by atoms with Crippen LogP contribution in [0.3, 0.4) is 0 Å². The first-order chi connectivity index (χ1) is 19.7. The highest BCUT2D eigenvalue weighted by molar-refractivity contribution is 9.10. The third-order valence-corrected chi connectivity index (χ3v) is 6.19. The summed E-state index contributed by atoms with van der Waals surface area (Å²) in [6.45, 7) is -0.0699. The Morgan fingerprint density at radius 1 is 0.929 bits per heavy atom. The SMILES string of the molecule is O=C(O)CCNC(=O)c1ccc(Oc2nn(-c3ccc(C(F)(F)F)cc3Br)cc2-c2ccc(OC(F)(F)F)cc2)cc1. The Morgan fingerprint density at radius 3 is 2.14 bits per heavy atom. The molecule has 0 fully saturated rings. The Labute approximate surface area is 241 Å². The predicted octanol–water partition coefficient (Wildman–Crippen LogP) is 7.22. The minimum atomic E-state index is -4.89. The Morgan fingerprint density at radius 2 is 1.57 bits per heavy atom. The Balaban J connectivity index is 1.66. The molecule has 0 aliphatic carbocycles. The molecule has 2 N–H and O–H groups in total. The minimum absolute atomic E-state index is 0.0510. The number of amides is 1. The fraction of sp³-hybridized carbons (Fsp3) is 0.148. The number of benzene rings is 3. The first-order valence-electron chi connectivity index (χ1n) is 11.8. The number of hydrogen-bond acceptors (Lipinski definition) is 5. The van der Waals surface area contributed by atoms with E-state index in [1.54, 1.807) is 0 Å². The molecule has 8 nitrogen and oxygen atoms in total. The van der Waals surface area contributed by atoms with Gasteiger partial charge in [0, 0.05) is 22.8 Å². The molecule has 0 atom stereocenters. The summed E-state index contributed by atoms with van der Waals surface area (Å²) < 4.78 is 88.3. The lowest BCUT2D eigenvalue weighted by Crippen LogP contribution is -2.25. The zero-order valence-electron chi connectivity index (χ0n) is 21.0. The van der Waals surface area contributed by atoms with Gasteiger partial charge in [-0.1, -0.05) is 12.1 Å². The molecule has 0 aliphatic heterocycles. The molecule has 0 radical (unpaired) electrons. The number of hydrogen-bond donors (Lipinski definition) is 2. The number of nitrogens with one attached hydrogen (secondary N) is 1. The molecule has 0 saturated carbocycles. The molecule has 1 aromatic heterocycles. The van der Waals surface area contributed by atoms with Crippen molar-refractivity contribution in [2.75, 3.05) is 6.54 Å². The minimum Gasteiger partial charge on any atom is -0.481 e. The third-order valence-electron chi connectivity index (χ3n) is 5.56. The smallest absolute Gasteiger partial charge is 0.481 e. The molecule has 42 heavy (non-hydrogen) atoms. The number of carboxylic acid groups (broad SMARTS) is 1. The van der Waals surface area contributed by atoms with Gasteiger partial charge in [-0.3, -0.25) is 9.59 Å². The van der Waals surface area contributed by atoms with Crippen LogP contribution in [0.1, 0.15) is 22.3 Å². The molecule has 4 rings (SSSR count). The number of carbonyl (C=O) groups is 2. The van der Waals surface area contributed by atoms with Crippen LogP contribution in [0.5, 0.6) is 17.4 Å². The van der Waals surface area contributed by atoms with Gasteiger partial charge >= 0.3 is 18.5 Å². The molecule has 0 unspecified atom stereocenters. The van der Waals surface area contributed by atoms with E-state index in [0.29, 0.717) is 5.56 Å². The van der Waals surface area contributed by atoms with E-state index in [1.165, 1.54) is 53.3 Å². The van der Waals surface area contributed by atoms with Crippen molar-refractivity contribution in [1.82, 2.24) is 15.1 Å². The number of alkyl halides is 6. The van der Waals surface area contributed by atoms with Crippen molar-refractivity contribution in [3.63, 3.8) is 0 Å². The second-order valence-corrected chi connectivity index (χ2v) is 9.41. The predicted molar refractivity (Wildman–Crippen MR) is 139 cm³/mol. The number of halogens is 7. The molecule has 220 valence electrons. The molecule has 4 aromatic rings. The third kappa shape index (κ3) is 7.81. The van der Waals surface area contributed by atoms with E-state index in [9.17, 15) is 35.9 Å². The summed E-state index contributed by atoms with van der Waals surface area (Å²) in [5.41, 5.74) is 0.158. The van der Waals surface area contributed by atoms with E-state index in [1.807, 2.05) is 0 Å². The van der Waals surface area contributed by atoms with Gasteiger partial charge in [-0.2, -0.15) is 13.2 Å². The number of aromatic nitrogens is 2. The Bertz CT molecular complexity index is 1590. The standard InChI is InChI=1S/C27H18BrF6N3O5/c28-21-13-17(26(29,30)31)5-10-22(21)37-14-20(15-1-8-19(9-2-15)42-27(32,33)34)25(36-37)41-18-6-3-16(4-7-18)24(40)35-12-11-23(38)39/h1-10,13-14H,11-12H2,(H,35,40)(H,38,39). The van der Waals surface area contributed by atoms with E-state index in [4.69, 9.17) is 9.84 Å². The van der Waals surface area contributed by atoms with Crippen LogP contribution in [0.15, 0.2) is 77.4 Å². The normalized spacial score (nSPS) is 11.7. The lowest BCUT2D eigenvalue weighted by molar-refractivity contribution is -0.274. The van der Waals surface area contributed by atoms with Crippen LogP contribution < -0.4 is 14.8 Å². The van der Waals surface area contributed by atoms with Crippen LogP contribution >= 0.6 is 15.9 Å². The molecule has 1 amide bonds. The van der Waals surface area contributed by atoms with Gasteiger partial charge in [-0.05, 0) is 76.1 Å². The molecular formula is C27H18BrF6N3O5. The van der Waals surface area contributed by atoms with Crippen LogP contribution in [-0.2, 0) is 11.0 Å². The first-order valence-corrected chi connectivity index (χ1v) is 12.6. The van der Waals surface area contributed by atoms with Crippen molar-refractivity contribution in [1.29, 1.82) is 0 Å². The van der Waals surface area contributed by atoms with E-state index >= 15 is 0 Å². The quantitative estimate of drug-likeness (QED) is 0.184. The van der Waals surface area contributed by atoms with E-state index in [2.05, 4.69) is 31.1 Å². The van der Waals surface area contributed by atoms with E-state index < -0.39 is 35.7 Å². The Hall–Kier alpha value is -4.53. The number of carbonyl (C=O) groups excluding carboxylic acids is 1. The maximum Gasteiger partial charge on any atom is 0.573 e. The van der Waals surface area contributed by atoms with Crippen molar-refractivity contribution in [2.24, 2.45) is 0 Å². The number of ether oxygens (including phenoxy) is 2. The van der Waals surface area contributed by atoms with Crippen LogP contribution in [0.4, 0.5) is 26.3 Å². The molecular weight excluding hydrogens is 640 g/mol. The number of aliphatic carboxylic acids is 1. The van der Waals surface area contributed by atoms with Crippen LogP contribution in [0.2, 0.25) is 0 Å². The van der Waals surface area contributed by atoms with Gasteiger partial charge in [-0.25, -0.2) is 4.68 Å². The summed E-state index contributed by atoms with van der Waals surface area (Å²) in [4.78, 5) is 22.8. The van der Waals surface area contributed by atoms with Gasteiger partial charge < -0.3 is 19.9 Å². The van der Waals surface area contributed by atoms with Gasteiger partial charge in [-0.15, -0.1) is 18.3 Å². The molecule has 0 saturated heterocycles. The molecule has 1 heterocycles. The summed E-state index contributed by atoms with van der Waals surface area (Å²) in [5.74, 6) is -1.90. The monoisotopic (exact) mass is 657 g/mol. The number of nitrogens with zero attached hydrogens (tertiary/aromatic N) is 2. The summed E-state index contributed by atoms with van der Waals surface area (Å²) in [6, 6.07) is 13.4. The van der Waals surface area contributed by atoms with Gasteiger partial charge in [0.05, 0.1) is 23.2 Å². The van der Waals surface area contributed by atoms with Crippen molar-refractivity contribution in [3.8, 4) is 34.2 Å². The highest BCUT2D eigenvalue weighted by atomic mass is 79.9. The van der Waals surface area contributed by atoms with Crippen molar-refractivity contribution in [3.05, 3.63) is 88.5 Å². The lowest BCUT2D eigenvalue weighted by atomic mass is 10.1. The van der Waals surface area contributed by atoms with Crippen molar-refractivity contribution >= 4 is 27.8 Å². The average molecular weight is 658 g/mol. The van der Waals surface area contributed by atoms with Crippen LogP contribution in [-0.4, -0.2) is 39.7 Å². The fourth-order valence-electron chi connectivity index (χ4n) is 3.63.